The van der Waals surface area contributed by atoms with Gasteiger partial charge in [-0.2, -0.15) is 0 Å². The lowest BCUT2D eigenvalue weighted by molar-refractivity contribution is 0.463. The molecule has 0 bridgehead atoms. The molecule has 1 aromatic heterocycles. The fourth-order valence-corrected chi connectivity index (χ4v) is 2.57. The van der Waals surface area contributed by atoms with Gasteiger partial charge in [0.05, 0.1) is 0 Å². The van der Waals surface area contributed by atoms with Crippen molar-refractivity contribution in [3.05, 3.63) is 40.6 Å². The van der Waals surface area contributed by atoms with Crippen LogP contribution in [0.5, 0.6) is 0 Å². The normalized spacial score (nSPS) is 18.0. The summed E-state index contributed by atoms with van der Waals surface area (Å²) in [6.07, 6.45) is 4.07. The minimum absolute atomic E-state index is 0. The van der Waals surface area contributed by atoms with E-state index in [2.05, 4.69) is 37.6 Å². The van der Waals surface area contributed by atoms with E-state index in [4.69, 9.17) is 5.73 Å². The molecule has 3 nitrogen and oxygen atoms in total. The van der Waals surface area contributed by atoms with E-state index in [1.54, 1.807) is 0 Å². The van der Waals surface area contributed by atoms with Crippen LogP contribution < -0.4 is 5.73 Å². The summed E-state index contributed by atoms with van der Waals surface area (Å²) in [4.78, 5) is 4.52. The van der Waals surface area contributed by atoms with Crippen molar-refractivity contribution >= 4 is 28.3 Å². The number of aromatic nitrogens is 2. The fourth-order valence-electron chi connectivity index (χ4n) is 2.30. The van der Waals surface area contributed by atoms with Crippen molar-refractivity contribution in [3.63, 3.8) is 0 Å². The quantitative estimate of drug-likeness (QED) is 0.874. The molecule has 0 radical (unpaired) electrons. The molecule has 1 unspecified atom stereocenters. The van der Waals surface area contributed by atoms with Crippen molar-refractivity contribution in [1.29, 1.82) is 0 Å². The lowest BCUT2D eigenvalue weighted by atomic mass is 10.1. The largest absolute Gasteiger partial charge is 0.327 e. The number of nitrogens with two attached hydrogens (primary N) is 1. The Balaban J connectivity index is 0.00000120. The van der Waals surface area contributed by atoms with Gasteiger partial charge in [0.1, 0.15) is 5.82 Å². The first-order valence-electron chi connectivity index (χ1n) is 5.80. The topological polar surface area (TPSA) is 43.8 Å². The smallest absolute Gasteiger partial charge is 0.140 e. The van der Waals surface area contributed by atoms with E-state index in [9.17, 15) is 0 Å². The SMILES string of the molecule is Cl.NC1CCc2cnc(-c3ccc(Br)cc3)n2C1. The minimum Gasteiger partial charge on any atom is -0.327 e. The first-order chi connectivity index (χ1) is 8.24. The van der Waals surface area contributed by atoms with E-state index in [0.29, 0.717) is 0 Å². The number of fused-ring (bicyclic) bond motifs is 1. The zero-order valence-corrected chi connectivity index (χ0v) is 12.2. The molecule has 2 aromatic rings. The molecule has 0 saturated carbocycles. The van der Waals surface area contributed by atoms with Gasteiger partial charge in [0.25, 0.3) is 0 Å². The van der Waals surface area contributed by atoms with Crippen LogP contribution in [0.4, 0.5) is 0 Å². The van der Waals surface area contributed by atoms with Crippen molar-refractivity contribution in [3.8, 4) is 11.4 Å². The van der Waals surface area contributed by atoms with Crippen LogP contribution >= 0.6 is 28.3 Å². The maximum atomic E-state index is 6.02. The maximum absolute atomic E-state index is 6.02. The molecule has 0 fully saturated rings. The molecule has 5 heteroatoms. The lowest BCUT2D eigenvalue weighted by Gasteiger charge is -2.22. The second kappa shape index (κ2) is 5.43. The average Bonchev–Trinajstić information content (AvgIpc) is 2.73. The summed E-state index contributed by atoms with van der Waals surface area (Å²) in [5.74, 6) is 1.03. The van der Waals surface area contributed by atoms with Gasteiger partial charge < -0.3 is 10.3 Å². The molecule has 1 aromatic carbocycles. The number of imidazole rings is 1. The van der Waals surface area contributed by atoms with Gasteiger partial charge in [-0.15, -0.1) is 12.4 Å². The first kappa shape index (κ1) is 13.6. The average molecular weight is 329 g/mol. The van der Waals surface area contributed by atoms with Gasteiger partial charge >= 0.3 is 0 Å². The standard InChI is InChI=1S/C13H14BrN3.ClH/c14-10-3-1-9(2-4-10)13-16-7-12-6-5-11(15)8-17(12)13;/h1-4,7,11H,5-6,8,15H2;1H. The van der Waals surface area contributed by atoms with Gasteiger partial charge in [-0.05, 0) is 25.0 Å². The Hall–Kier alpha value is -0.840. The molecule has 3 rings (SSSR count). The van der Waals surface area contributed by atoms with E-state index < -0.39 is 0 Å². The summed E-state index contributed by atoms with van der Waals surface area (Å²) < 4.78 is 3.33. The molecule has 96 valence electrons. The Kier molecular flexibility index (Phi) is 4.10. The molecule has 1 atom stereocenters. The summed E-state index contributed by atoms with van der Waals surface area (Å²) in [6.45, 7) is 0.876. The van der Waals surface area contributed by atoms with Crippen molar-refractivity contribution in [2.24, 2.45) is 5.73 Å². The van der Waals surface area contributed by atoms with Crippen molar-refractivity contribution in [1.82, 2.24) is 9.55 Å². The van der Waals surface area contributed by atoms with Crippen LogP contribution in [-0.2, 0) is 13.0 Å². The summed E-state index contributed by atoms with van der Waals surface area (Å²) >= 11 is 3.45. The van der Waals surface area contributed by atoms with Gasteiger partial charge in [-0.25, -0.2) is 4.98 Å². The third-order valence-corrected chi connectivity index (χ3v) is 3.76. The van der Waals surface area contributed by atoms with E-state index in [1.807, 2.05) is 18.3 Å². The van der Waals surface area contributed by atoms with Crippen LogP contribution in [0.25, 0.3) is 11.4 Å². The van der Waals surface area contributed by atoms with Gasteiger partial charge in [-0.1, -0.05) is 28.1 Å². The summed E-state index contributed by atoms with van der Waals surface area (Å²) in [7, 11) is 0. The third-order valence-electron chi connectivity index (χ3n) is 3.23. The molecular formula is C13H15BrClN3. The number of rotatable bonds is 1. The zero-order valence-electron chi connectivity index (χ0n) is 9.84. The Bertz CT molecular complexity index is 536. The number of aryl methyl sites for hydroxylation is 1. The number of benzene rings is 1. The molecule has 2 heterocycles. The number of halogens is 2. The Morgan fingerprint density at radius 2 is 2.00 bits per heavy atom. The molecule has 1 aliphatic heterocycles. The Morgan fingerprint density at radius 1 is 1.28 bits per heavy atom. The molecule has 0 spiro atoms. The molecular weight excluding hydrogens is 314 g/mol. The zero-order chi connectivity index (χ0) is 11.8. The number of hydrogen-bond acceptors (Lipinski definition) is 2. The highest BCUT2D eigenvalue weighted by molar-refractivity contribution is 9.10. The predicted molar refractivity (Wildman–Crippen MR) is 78.9 cm³/mol. The lowest BCUT2D eigenvalue weighted by Crippen LogP contribution is -2.31. The highest BCUT2D eigenvalue weighted by atomic mass is 79.9. The Morgan fingerprint density at radius 3 is 2.72 bits per heavy atom. The fraction of sp³-hybridized carbons (Fsp3) is 0.308. The van der Waals surface area contributed by atoms with Crippen LogP contribution in [0, 0.1) is 0 Å². The Labute approximate surface area is 121 Å². The maximum Gasteiger partial charge on any atom is 0.140 e. The minimum atomic E-state index is 0. The number of hydrogen-bond donors (Lipinski definition) is 1. The van der Waals surface area contributed by atoms with Gasteiger partial charge in [-0.3, -0.25) is 0 Å². The van der Waals surface area contributed by atoms with Gasteiger partial charge in [0, 0.05) is 34.5 Å². The van der Waals surface area contributed by atoms with Gasteiger partial charge in [0.2, 0.25) is 0 Å². The number of nitrogens with zero attached hydrogens (tertiary/aromatic N) is 2. The van der Waals surface area contributed by atoms with Gasteiger partial charge in [0.15, 0.2) is 0 Å². The summed E-state index contributed by atoms with van der Waals surface area (Å²) in [6, 6.07) is 8.50. The van der Waals surface area contributed by atoms with Crippen LogP contribution in [0.15, 0.2) is 34.9 Å². The molecule has 0 amide bonds. The van der Waals surface area contributed by atoms with Crippen molar-refractivity contribution < 1.29 is 0 Å². The predicted octanol–water partition coefficient (Wildman–Crippen LogP) is 3.01. The summed E-state index contributed by atoms with van der Waals surface area (Å²) in [5.41, 5.74) is 8.47. The second-order valence-electron chi connectivity index (χ2n) is 4.49. The molecule has 0 aliphatic carbocycles. The molecule has 0 saturated heterocycles. The third kappa shape index (κ3) is 2.46. The van der Waals surface area contributed by atoms with Crippen LogP contribution in [0.3, 0.4) is 0 Å². The highest BCUT2D eigenvalue weighted by Crippen LogP contribution is 2.25. The van der Waals surface area contributed by atoms with E-state index in [-0.39, 0.29) is 18.4 Å². The molecule has 2 N–H and O–H groups in total. The van der Waals surface area contributed by atoms with E-state index >= 15 is 0 Å². The van der Waals surface area contributed by atoms with E-state index in [1.165, 1.54) is 5.69 Å². The van der Waals surface area contributed by atoms with Crippen LogP contribution in [-0.4, -0.2) is 15.6 Å². The van der Waals surface area contributed by atoms with Crippen molar-refractivity contribution in [2.45, 2.75) is 25.4 Å². The van der Waals surface area contributed by atoms with E-state index in [0.717, 1.165) is 35.2 Å². The molecule has 1 aliphatic rings. The van der Waals surface area contributed by atoms with Crippen LogP contribution in [0.2, 0.25) is 0 Å². The molecule has 18 heavy (non-hydrogen) atoms. The highest BCUT2D eigenvalue weighted by Gasteiger charge is 2.19. The second-order valence-corrected chi connectivity index (χ2v) is 5.41. The van der Waals surface area contributed by atoms with Crippen LogP contribution in [0.1, 0.15) is 12.1 Å². The van der Waals surface area contributed by atoms with Crippen molar-refractivity contribution in [2.75, 3.05) is 0 Å². The first-order valence-corrected chi connectivity index (χ1v) is 6.59. The monoisotopic (exact) mass is 327 g/mol. The summed E-state index contributed by atoms with van der Waals surface area (Å²) in [5, 5.41) is 0.